The summed E-state index contributed by atoms with van der Waals surface area (Å²) in [6.07, 6.45) is 0. The SMILES string of the molecule is Cc1ccc(C)c(SCc2ccc(F)cc2N)c1. The molecule has 0 heterocycles. The van der Waals surface area contributed by atoms with Crippen LogP contribution in [0.4, 0.5) is 10.1 Å². The Hall–Kier alpha value is -1.48. The molecule has 94 valence electrons. The number of halogens is 1. The van der Waals surface area contributed by atoms with Crippen molar-refractivity contribution in [2.45, 2.75) is 24.5 Å². The number of aryl methyl sites for hydroxylation is 2. The molecule has 3 heteroatoms. The summed E-state index contributed by atoms with van der Waals surface area (Å²) in [5.41, 5.74) is 9.80. The van der Waals surface area contributed by atoms with Crippen LogP contribution in [0, 0.1) is 19.7 Å². The fourth-order valence-electron chi connectivity index (χ4n) is 1.72. The van der Waals surface area contributed by atoms with Gasteiger partial charge in [-0.2, -0.15) is 0 Å². The molecule has 2 N–H and O–H groups in total. The molecule has 1 nitrogen and oxygen atoms in total. The van der Waals surface area contributed by atoms with Crippen molar-refractivity contribution in [2.24, 2.45) is 0 Å². The summed E-state index contributed by atoms with van der Waals surface area (Å²) in [6.45, 7) is 4.17. The van der Waals surface area contributed by atoms with Gasteiger partial charge < -0.3 is 5.73 Å². The highest BCUT2D eigenvalue weighted by atomic mass is 32.2. The lowest BCUT2D eigenvalue weighted by Gasteiger charge is -2.08. The second-order valence-electron chi connectivity index (χ2n) is 4.40. The fraction of sp³-hybridized carbons (Fsp3) is 0.200. The summed E-state index contributed by atoms with van der Waals surface area (Å²) in [7, 11) is 0. The molecule has 0 unspecified atom stereocenters. The lowest BCUT2D eigenvalue weighted by Crippen LogP contribution is -1.94. The van der Waals surface area contributed by atoms with Crippen LogP contribution in [0.5, 0.6) is 0 Å². The van der Waals surface area contributed by atoms with Crippen molar-refractivity contribution in [1.29, 1.82) is 0 Å². The summed E-state index contributed by atoms with van der Waals surface area (Å²) < 4.78 is 12.9. The molecule has 0 aliphatic carbocycles. The highest BCUT2D eigenvalue weighted by Gasteiger charge is 2.04. The molecule has 0 radical (unpaired) electrons. The van der Waals surface area contributed by atoms with Crippen LogP contribution in [0.25, 0.3) is 0 Å². The van der Waals surface area contributed by atoms with Crippen LogP contribution in [0.1, 0.15) is 16.7 Å². The monoisotopic (exact) mass is 261 g/mol. The van der Waals surface area contributed by atoms with Crippen LogP contribution in [0.2, 0.25) is 0 Å². The zero-order chi connectivity index (χ0) is 13.1. The van der Waals surface area contributed by atoms with Gasteiger partial charge in [-0.25, -0.2) is 4.39 Å². The molecule has 2 aromatic carbocycles. The van der Waals surface area contributed by atoms with E-state index in [1.165, 1.54) is 28.2 Å². The van der Waals surface area contributed by atoms with Gasteiger partial charge in [0.25, 0.3) is 0 Å². The van der Waals surface area contributed by atoms with Gasteiger partial charge in [-0.3, -0.25) is 0 Å². The van der Waals surface area contributed by atoms with Gasteiger partial charge in [0.15, 0.2) is 0 Å². The van der Waals surface area contributed by atoms with Gasteiger partial charge in [0, 0.05) is 16.3 Å². The van der Waals surface area contributed by atoms with E-state index in [-0.39, 0.29) is 5.82 Å². The maximum atomic E-state index is 12.9. The molecule has 18 heavy (non-hydrogen) atoms. The van der Waals surface area contributed by atoms with Crippen molar-refractivity contribution in [3.8, 4) is 0 Å². The van der Waals surface area contributed by atoms with E-state index in [2.05, 4.69) is 32.0 Å². The third-order valence-corrected chi connectivity index (χ3v) is 4.04. The minimum atomic E-state index is -0.284. The number of rotatable bonds is 3. The molecule has 2 aromatic rings. The molecule has 0 amide bonds. The highest BCUT2D eigenvalue weighted by Crippen LogP contribution is 2.29. The van der Waals surface area contributed by atoms with E-state index in [0.717, 1.165) is 11.3 Å². The first kappa shape index (κ1) is 13.0. The van der Waals surface area contributed by atoms with E-state index in [0.29, 0.717) is 5.69 Å². The van der Waals surface area contributed by atoms with Crippen LogP contribution in [-0.4, -0.2) is 0 Å². The van der Waals surface area contributed by atoms with Gasteiger partial charge >= 0.3 is 0 Å². The van der Waals surface area contributed by atoms with E-state index in [9.17, 15) is 4.39 Å². The van der Waals surface area contributed by atoms with Gasteiger partial charge in [-0.15, -0.1) is 11.8 Å². The smallest absolute Gasteiger partial charge is 0.125 e. The molecule has 0 saturated carbocycles. The van der Waals surface area contributed by atoms with Crippen molar-refractivity contribution in [1.82, 2.24) is 0 Å². The van der Waals surface area contributed by atoms with E-state index in [4.69, 9.17) is 5.73 Å². The number of nitrogen functional groups attached to an aromatic ring is 1. The Kier molecular flexibility index (Phi) is 3.92. The zero-order valence-electron chi connectivity index (χ0n) is 10.5. The third-order valence-electron chi connectivity index (χ3n) is 2.83. The van der Waals surface area contributed by atoms with E-state index in [1.807, 2.05) is 0 Å². The molecular weight excluding hydrogens is 245 g/mol. The molecular formula is C15H16FNS. The fourth-order valence-corrected chi connectivity index (χ4v) is 2.85. The summed E-state index contributed by atoms with van der Waals surface area (Å²) in [6, 6.07) is 11.0. The predicted molar refractivity (Wildman–Crippen MR) is 76.3 cm³/mol. The quantitative estimate of drug-likeness (QED) is 0.658. The molecule has 0 saturated heterocycles. The van der Waals surface area contributed by atoms with Gasteiger partial charge in [-0.05, 0) is 43.2 Å². The Morgan fingerprint density at radius 2 is 1.89 bits per heavy atom. The molecule has 0 aliphatic rings. The Labute approximate surface area is 111 Å². The number of thioether (sulfide) groups is 1. The maximum Gasteiger partial charge on any atom is 0.125 e. The molecule has 0 aromatic heterocycles. The molecule has 0 atom stereocenters. The third kappa shape index (κ3) is 3.05. The topological polar surface area (TPSA) is 26.0 Å². The molecule has 2 rings (SSSR count). The van der Waals surface area contributed by atoms with Crippen LogP contribution < -0.4 is 5.73 Å². The number of anilines is 1. The minimum Gasteiger partial charge on any atom is -0.398 e. The van der Waals surface area contributed by atoms with Crippen molar-refractivity contribution < 1.29 is 4.39 Å². The average molecular weight is 261 g/mol. The second kappa shape index (κ2) is 5.44. The van der Waals surface area contributed by atoms with E-state index >= 15 is 0 Å². The highest BCUT2D eigenvalue weighted by molar-refractivity contribution is 7.98. The number of hydrogen-bond donors (Lipinski definition) is 1. The van der Waals surface area contributed by atoms with Crippen LogP contribution in [0.3, 0.4) is 0 Å². The molecule has 0 spiro atoms. The summed E-state index contributed by atoms with van der Waals surface area (Å²) in [5.74, 6) is 0.476. The van der Waals surface area contributed by atoms with Crippen molar-refractivity contribution >= 4 is 17.4 Å². The van der Waals surface area contributed by atoms with Crippen molar-refractivity contribution in [2.75, 3.05) is 5.73 Å². The lowest BCUT2D eigenvalue weighted by molar-refractivity contribution is 0.628. The summed E-state index contributed by atoms with van der Waals surface area (Å²) in [5, 5.41) is 0. The number of nitrogens with two attached hydrogens (primary N) is 1. The Morgan fingerprint density at radius 3 is 2.61 bits per heavy atom. The Morgan fingerprint density at radius 1 is 1.11 bits per heavy atom. The standard InChI is InChI=1S/C15H16FNS/c1-10-3-4-11(2)15(7-10)18-9-12-5-6-13(16)8-14(12)17/h3-8H,9,17H2,1-2H3. The Bertz CT molecular complexity index is 566. The number of hydrogen-bond acceptors (Lipinski definition) is 2. The molecule has 0 fully saturated rings. The maximum absolute atomic E-state index is 12.9. The summed E-state index contributed by atoms with van der Waals surface area (Å²) >= 11 is 1.73. The second-order valence-corrected chi connectivity index (χ2v) is 5.42. The lowest BCUT2D eigenvalue weighted by atomic mass is 10.2. The average Bonchev–Trinajstić information content (AvgIpc) is 2.32. The van der Waals surface area contributed by atoms with Gasteiger partial charge in [-0.1, -0.05) is 23.8 Å². The normalized spacial score (nSPS) is 10.6. The van der Waals surface area contributed by atoms with Gasteiger partial charge in [0.2, 0.25) is 0 Å². The van der Waals surface area contributed by atoms with Crippen molar-refractivity contribution in [3.05, 3.63) is 58.9 Å². The van der Waals surface area contributed by atoms with Gasteiger partial charge in [0.1, 0.15) is 5.82 Å². The van der Waals surface area contributed by atoms with Gasteiger partial charge in [0.05, 0.1) is 0 Å². The first-order chi connectivity index (χ1) is 8.56. The van der Waals surface area contributed by atoms with Crippen LogP contribution >= 0.6 is 11.8 Å². The Balaban J connectivity index is 2.13. The first-order valence-electron chi connectivity index (χ1n) is 5.80. The first-order valence-corrected chi connectivity index (χ1v) is 6.79. The van der Waals surface area contributed by atoms with Crippen molar-refractivity contribution in [3.63, 3.8) is 0 Å². The largest absolute Gasteiger partial charge is 0.398 e. The number of benzene rings is 2. The minimum absolute atomic E-state index is 0.284. The van der Waals surface area contributed by atoms with Crippen LogP contribution in [0.15, 0.2) is 41.3 Å². The van der Waals surface area contributed by atoms with E-state index in [1.54, 1.807) is 17.8 Å². The summed E-state index contributed by atoms with van der Waals surface area (Å²) in [4.78, 5) is 1.25. The predicted octanol–water partition coefficient (Wildman–Crippen LogP) is 4.32. The van der Waals surface area contributed by atoms with Crippen LogP contribution in [-0.2, 0) is 5.75 Å². The molecule has 0 aliphatic heterocycles. The zero-order valence-corrected chi connectivity index (χ0v) is 11.4. The molecule has 0 bridgehead atoms. The van der Waals surface area contributed by atoms with E-state index < -0.39 is 0 Å².